The second-order valence-corrected chi connectivity index (χ2v) is 5.34. The van der Waals surface area contributed by atoms with Crippen LogP contribution >= 0.6 is 15.9 Å². The molecule has 0 saturated heterocycles. The lowest BCUT2D eigenvalue weighted by Crippen LogP contribution is -2.06. The minimum atomic E-state index is 0.405. The van der Waals surface area contributed by atoms with Gasteiger partial charge < -0.3 is 15.0 Å². The number of rotatable bonds is 3. The van der Waals surface area contributed by atoms with Crippen molar-refractivity contribution >= 4 is 15.9 Å². The van der Waals surface area contributed by atoms with Gasteiger partial charge in [-0.3, -0.25) is 0 Å². The van der Waals surface area contributed by atoms with E-state index in [2.05, 4.69) is 40.8 Å². The predicted octanol–water partition coefficient (Wildman–Crippen LogP) is 2.93. The summed E-state index contributed by atoms with van der Waals surface area (Å²) in [5.74, 6) is 1.69. The number of ether oxygens (including phenoxy) is 1. The first-order valence-corrected chi connectivity index (χ1v) is 6.85. The number of methoxy groups -OCH3 is 1. The van der Waals surface area contributed by atoms with E-state index >= 15 is 0 Å². The topological polar surface area (TPSA) is 53.1 Å². The van der Waals surface area contributed by atoms with E-state index in [4.69, 9.17) is 10.5 Å². The van der Waals surface area contributed by atoms with E-state index in [0.717, 1.165) is 33.0 Å². The minimum Gasteiger partial charge on any atom is -0.496 e. The normalized spacial score (nSPS) is 10.8. The van der Waals surface area contributed by atoms with Gasteiger partial charge in [-0.1, -0.05) is 6.07 Å². The van der Waals surface area contributed by atoms with Crippen LogP contribution in [-0.4, -0.2) is 16.7 Å². The molecule has 2 aromatic rings. The number of hydrogen-bond acceptors (Lipinski definition) is 3. The SMILES string of the molecule is COc1cc(C)cc(C)c1-c1c(Br)nc(CN)n1C. The van der Waals surface area contributed by atoms with Gasteiger partial charge in [-0.25, -0.2) is 4.98 Å². The molecule has 2 N–H and O–H groups in total. The molecule has 4 nitrogen and oxygen atoms in total. The van der Waals surface area contributed by atoms with Gasteiger partial charge in [0, 0.05) is 12.6 Å². The van der Waals surface area contributed by atoms with Crippen molar-refractivity contribution in [2.75, 3.05) is 7.11 Å². The molecule has 0 atom stereocenters. The molecule has 1 heterocycles. The monoisotopic (exact) mass is 323 g/mol. The highest BCUT2D eigenvalue weighted by Gasteiger charge is 2.19. The Morgan fingerprint density at radius 1 is 1.37 bits per heavy atom. The second-order valence-electron chi connectivity index (χ2n) is 4.59. The molecule has 0 aliphatic carbocycles. The molecular formula is C14H18BrN3O. The van der Waals surface area contributed by atoms with E-state index in [1.807, 2.05) is 17.7 Å². The fourth-order valence-electron chi connectivity index (χ4n) is 2.36. The van der Waals surface area contributed by atoms with Crippen molar-refractivity contribution in [1.82, 2.24) is 9.55 Å². The molecule has 5 heteroatoms. The van der Waals surface area contributed by atoms with Crippen LogP contribution in [0.5, 0.6) is 5.75 Å². The first kappa shape index (κ1) is 14.1. The Balaban J connectivity index is 2.75. The Morgan fingerprint density at radius 3 is 2.58 bits per heavy atom. The van der Waals surface area contributed by atoms with Gasteiger partial charge in [0.2, 0.25) is 0 Å². The van der Waals surface area contributed by atoms with Gasteiger partial charge in [-0.15, -0.1) is 0 Å². The zero-order valence-corrected chi connectivity index (χ0v) is 13.2. The van der Waals surface area contributed by atoms with Crippen molar-refractivity contribution in [2.24, 2.45) is 12.8 Å². The molecule has 1 aromatic heterocycles. The van der Waals surface area contributed by atoms with Crippen LogP contribution in [0.25, 0.3) is 11.3 Å². The van der Waals surface area contributed by atoms with Crippen LogP contribution in [-0.2, 0) is 13.6 Å². The summed E-state index contributed by atoms with van der Waals surface area (Å²) >= 11 is 3.52. The number of benzene rings is 1. The van der Waals surface area contributed by atoms with Crippen LogP contribution in [0.3, 0.4) is 0 Å². The molecule has 19 heavy (non-hydrogen) atoms. The molecule has 1 aromatic carbocycles. The molecule has 0 radical (unpaired) electrons. The summed E-state index contributed by atoms with van der Waals surface area (Å²) in [4.78, 5) is 4.44. The van der Waals surface area contributed by atoms with E-state index in [-0.39, 0.29) is 0 Å². The molecule has 0 spiro atoms. The third-order valence-electron chi connectivity index (χ3n) is 3.23. The van der Waals surface area contributed by atoms with Crippen molar-refractivity contribution in [3.63, 3.8) is 0 Å². The summed E-state index contributed by atoms with van der Waals surface area (Å²) < 4.78 is 8.32. The van der Waals surface area contributed by atoms with Crippen molar-refractivity contribution in [3.8, 4) is 17.0 Å². The maximum absolute atomic E-state index is 5.71. The molecule has 0 fully saturated rings. The Kier molecular flexibility index (Phi) is 3.96. The fourth-order valence-corrected chi connectivity index (χ4v) is 3.02. The van der Waals surface area contributed by atoms with Crippen LogP contribution in [0, 0.1) is 13.8 Å². The lowest BCUT2D eigenvalue weighted by Gasteiger charge is -2.14. The number of hydrogen-bond donors (Lipinski definition) is 1. The van der Waals surface area contributed by atoms with Gasteiger partial charge in [0.1, 0.15) is 16.2 Å². The number of aryl methyl sites for hydroxylation is 2. The zero-order chi connectivity index (χ0) is 14.2. The third kappa shape index (κ3) is 2.40. The highest BCUT2D eigenvalue weighted by molar-refractivity contribution is 9.10. The van der Waals surface area contributed by atoms with Crippen LogP contribution in [0.1, 0.15) is 17.0 Å². The summed E-state index contributed by atoms with van der Waals surface area (Å²) in [5, 5.41) is 0. The van der Waals surface area contributed by atoms with Gasteiger partial charge in [0.05, 0.1) is 19.3 Å². The van der Waals surface area contributed by atoms with Gasteiger partial charge in [-0.2, -0.15) is 0 Å². The Morgan fingerprint density at radius 2 is 2.05 bits per heavy atom. The van der Waals surface area contributed by atoms with E-state index < -0.39 is 0 Å². The van der Waals surface area contributed by atoms with E-state index in [1.54, 1.807) is 7.11 Å². The molecule has 2 rings (SSSR count). The molecular weight excluding hydrogens is 306 g/mol. The number of halogens is 1. The van der Waals surface area contributed by atoms with Gasteiger partial charge in [0.15, 0.2) is 0 Å². The Labute approximate surface area is 121 Å². The maximum Gasteiger partial charge on any atom is 0.132 e. The van der Waals surface area contributed by atoms with Crippen molar-refractivity contribution in [2.45, 2.75) is 20.4 Å². The minimum absolute atomic E-state index is 0.405. The molecule has 0 aliphatic heterocycles. The van der Waals surface area contributed by atoms with Crippen LogP contribution < -0.4 is 10.5 Å². The zero-order valence-electron chi connectivity index (χ0n) is 11.6. The molecule has 0 amide bonds. The standard InChI is InChI=1S/C14H18BrN3O/c1-8-5-9(2)12(10(6-8)19-4)13-14(15)17-11(7-16)18(13)3/h5-6H,7,16H2,1-4H3. The summed E-state index contributed by atoms with van der Waals surface area (Å²) in [7, 11) is 3.65. The first-order chi connectivity index (χ1) is 8.99. The summed E-state index contributed by atoms with van der Waals surface area (Å²) in [6.45, 7) is 4.54. The smallest absolute Gasteiger partial charge is 0.132 e. The number of nitrogens with two attached hydrogens (primary N) is 1. The molecule has 0 unspecified atom stereocenters. The fraction of sp³-hybridized carbons (Fsp3) is 0.357. The van der Waals surface area contributed by atoms with Crippen molar-refractivity contribution in [3.05, 3.63) is 33.7 Å². The quantitative estimate of drug-likeness (QED) is 0.944. The van der Waals surface area contributed by atoms with Gasteiger partial charge in [0.25, 0.3) is 0 Å². The van der Waals surface area contributed by atoms with Crippen LogP contribution in [0.4, 0.5) is 0 Å². The molecule has 102 valence electrons. The largest absolute Gasteiger partial charge is 0.496 e. The number of imidazole rings is 1. The van der Waals surface area contributed by atoms with Crippen molar-refractivity contribution in [1.29, 1.82) is 0 Å². The van der Waals surface area contributed by atoms with Gasteiger partial charge >= 0.3 is 0 Å². The lowest BCUT2D eigenvalue weighted by molar-refractivity contribution is 0.415. The average Bonchev–Trinajstić information content (AvgIpc) is 2.64. The Bertz CT molecular complexity index is 620. The summed E-state index contributed by atoms with van der Waals surface area (Å²) in [5.41, 5.74) is 10.1. The molecule has 0 aliphatic rings. The lowest BCUT2D eigenvalue weighted by atomic mass is 10.0. The predicted molar refractivity (Wildman–Crippen MR) is 80.3 cm³/mol. The highest BCUT2D eigenvalue weighted by Crippen LogP contribution is 2.38. The highest BCUT2D eigenvalue weighted by atomic mass is 79.9. The van der Waals surface area contributed by atoms with E-state index in [9.17, 15) is 0 Å². The average molecular weight is 324 g/mol. The van der Waals surface area contributed by atoms with E-state index in [1.165, 1.54) is 5.56 Å². The molecule has 0 saturated carbocycles. The number of nitrogens with zero attached hydrogens (tertiary/aromatic N) is 2. The maximum atomic E-state index is 5.71. The van der Waals surface area contributed by atoms with Crippen molar-refractivity contribution < 1.29 is 4.74 Å². The summed E-state index contributed by atoms with van der Waals surface area (Å²) in [6.07, 6.45) is 0. The third-order valence-corrected chi connectivity index (χ3v) is 3.78. The van der Waals surface area contributed by atoms with Crippen LogP contribution in [0.2, 0.25) is 0 Å². The van der Waals surface area contributed by atoms with Crippen LogP contribution in [0.15, 0.2) is 16.7 Å². The van der Waals surface area contributed by atoms with Gasteiger partial charge in [-0.05, 0) is 47.0 Å². The Hall–Kier alpha value is -1.33. The number of aromatic nitrogens is 2. The molecule has 0 bridgehead atoms. The summed E-state index contributed by atoms with van der Waals surface area (Å²) in [6, 6.07) is 4.17. The van der Waals surface area contributed by atoms with E-state index in [0.29, 0.717) is 6.54 Å². The second kappa shape index (κ2) is 5.35. The first-order valence-electron chi connectivity index (χ1n) is 6.06.